The summed E-state index contributed by atoms with van der Waals surface area (Å²) in [5.74, 6) is 0.899. The van der Waals surface area contributed by atoms with Crippen molar-refractivity contribution < 1.29 is 17.5 Å². The number of hydrogen-bond acceptors (Lipinski definition) is 4. The largest absolute Gasteiger partial charge is 0.748 e. The zero-order valence-corrected chi connectivity index (χ0v) is 11.4. The van der Waals surface area contributed by atoms with Gasteiger partial charge >= 0.3 is 0 Å². The van der Waals surface area contributed by atoms with Gasteiger partial charge in [-0.3, -0.25) is 0 Å². The van der Waals surface area contributed by atoms with Crippen LogP contribution in [0.2, 0.25) is 0 Å². The van der Waals surface area contributed by atoms with Crippen molar-refractivity contribution in [2.75, 3.05) is 12.0 Å². The van der Waals surface area contributed by atoms with E-state index in [9.17, 15) is 0 Å². The van der Waals surface area contributed by atoms with Crippen LogP contribution >= 0.6 is 12.6 Å². The smallest absolute Gasteiger partial charge is 0.178 e. The Balaban J connectivity index is 0.000000385. The van der Waals surface area contributed by atoms with Gasteiger partial charge in [-0.2, -0.15) is 17.2 Å². The van der Waals surface area contributed by atoms with Crippen molar-refractivity contribution in [3.05, 3.63) is 29.6 Å². The van der Waals surface area contributed by atoms with Gasteiger partial charge in [-0.25, -0.2) is 8.42 Å². The van der Waals surface area contributed by atoms with Gasteiger partial charge in [-0.1, -0.05) is 0 Å². The molecule has 1 rings (SSSR count). The normalized spacial score (nSPS) is 10.6. The standard InChI is InChI=1S/C9H13NS.CH4O3S/c1-8-4-3-5-9(2)10(8)6-7-11;1-5(2,3)4/h3-5H,6-7H2,1-2H3;1H3,(H,2,3,4). The van der Waals surface area contributed by atoms with Crippen molar-refractivity contribution in [1.29, 1.82) is 0 Å². The number of pyridine rings is 1. The van der Waals surface area contributed by atoms with E-state index in [4.69, 9.17) is 13.0 Å². The van der Waals surface area contributed by atoms with Crippen LogP contribution in [-0.4, -0.2) is 25.0 Å². The molecule has 92 valence electrons. The van der Waals surface area contributed by atoms with E-state index >= 15 is 0 Å². The molecule has 0 radical (unpaired) electrons. The zero-order valence-electron chi connectivity index (χ0n) is 9.67. The lowest BCUT2D eigenvalue weighted by molar-refractivity contribution is -0.704. The summed E-state index contributed by atoms with van der Waals surface area (Å²) >= 11 is 4.21. The summed E-state index contributed by atoms with van der Waals surface area (Å²) in [6.07, 6.45) is 0.604. The fourth-order valence-electron chi connectivity index (χ4n) is 1.24. The lowest BCUT2D eigenvalue weighted by Gasteiger charge is -2.00. The Morgan fingerprint density at radius 1 is 1.31 bits per heavy atom. The van der Waals surface area contributed by atoms with Crippen LogP contribution in [-0.2, 0) is 16.7 Å². The Bertz CT molecular complexity index is 401. The van der Waals surface area contributed by atoms with Crippen molar-refractivity contribution in [3.8, 4) is 0 Å². The van der Waals surface area contributed by atoms with Crippen molar-refractivity contribution in [2.24, 2.45) is 0 Å². The fourth-order valence-corrected chi connectivity index (χ4v) is 1.44. The van der Waals surface area contributed by atoms with Gasteiger partial charge in [-0.15, -0.1) is 0 Å². The van der Waals surface area contributed by atoms with E-state index in [1.807, 2.05) is 0 Å². The Morgan fingerprint density at radius 3 is 2.00 bits per heavy atom. The van der Waals surface area contributed by atoms with Crippen molar-refractivity contribution in [3.63, 3.8) is 0 Å². The van der Waals surface area contributed by atoms with Gasteiger partial charge in [-0.05, 0) is 6.07 Å². The third-order valence-electron chi connectivity index (χ3n) is 1.85. The Morgan fingerprint density at radius 2 is 1.69 bits per heavy atom. The first-order chi connectivity index (χ1) is 7.25. The van der Waals surface area contributed by atoms with Crippen molar-refractivity contribution >= 4 is 22.7 Å². The van der Waals surface area contributed by atoms with E-state index in [0.717, 1.165) is 12.3 Å². The van der Waals surface area contributed by atoms with E-state index in [2.05, 4.69) is 49.2 Å². The highest BCUT2D eigenvalue weighted by Gasteiger charge is 2.06. The molecule has 0 aliphatic heterocycles. The lowest BCUT2D eigenvalue weighted by atomic mass is 10.3. The summed E-state index contributed by atoms with van der Waals surface area (Å²) in [5.41, 5.74) is 2.61. The monoisotopic (exact) mass is 263 g/mol. The van der Waals surface area contributed by atoms with Crippen LogP contribution in [0.15, 0.2) is 18.2 Å². The minimum atomic E-state index is -3.92. The van der Waals surface area contributed by atoms with Gasteiger partial charge in [0.25, 0.3) is 0 Å². The van der Waals surface area contributed by atoms with Gasteiger partial charge in [0.2, 0.25) is 0 Å². The van der Waals surface area contributed by atoms with E-state index in [1.165, 1.54) is 11.4 Å². The van der Waals surface area contributed by atoms with Crippen molar-refractivity contribution in [2.45, 2.75) is 20.4 Å². The molecule has 0 aliphatic carbocycles. The number of thiol groups is 1. The number of rotatable bonds is 2. The second-order valence-electron chi connectivity index (χ2n) is 3.39. The highest BCUT2D eigenvalue weighted by molar-refractivity contribution is 7.84. The van der Waals surface area contributed by atoms with E-state index in [1.54, 1.807) is 0 Å². The molecule has 0 atom stereocenters. The van der Waals surface area contributed by atoms with Crippen LogP contribution in [0, 0.1) is 13.8 Å². The van der Waals surface area contributed by atoms with Gasteiger partial charge in [0.15, 0.2) is 17.9 Å². The molecule has 0 fully saturated rings. The van der Waals surface area contributed by atoms with Gasteiger partial charge < -0.3 is 4.55 Å². The average Bonchev–Trinajstić information content (AvgIpc) is 2.09. The number of nitrogens with zero attached hydrogens (tertiary/aromatic N) is 1. The predicted octanol–water partition coefficient (Wildman–Crippen LogP) is 0.682. The predicted molar refractivity (Wildman–Crippen MR) is 65.6 cm³/mol. The molecule has 1 aromatic rings. The first-order valence-electron chi connectivity index (χ1n) is 4.73. The SMILES string of the molecule is CS(=O)(=O)[O-].Cc1cccc(C)[n+]1CCS. The molecule has 0 N–H and O–H groups in total. The molecule has 0 saturated carbocycles. The van der Waals surface area contributed by atoms with Gasteiger partial charge in [0, 0.05) is 38.0 Å². The number of aryl methyl sites for hydroxylation is 2. The summed E-state index contributed by atoms with van der Waals surface area (Å²) in [6, 6.07) is 6.33. The minimum Gasteiger partial charge on any atom is -0.748 e. The third-order valence-corrected chi connectivity index (χ3v) is 2.05. The molecule has 0 bridgehead atoms. The molecule has 1 aromatic heterocycles. The second-order valence-corrected chi connectivity index (χ2v) is 5.24. The highest BCUT2D eigenvalue weighted by atomic mass is 32.2. The molecule has 16 heavy (non-hydrogen) atoms. The van der Waals surface area contributed by atoms with E-state index in [-0.39, 0.29) is 0 Å². The summed E-state index contributed by atoms with van der Waals surface area (Å²) in [7, 11) is -3.92. The van der Waals surface area contributed by atoms with Crippen LogP contribution in [0.1, 0.15) is 11.4 Å². The van der Waals surface area contributed by atoms with E-state index in [0.29, 0.717) is 6.26 Å². The molecule has 0 saturated heterocycles. The summed E-state index contributed by atoms with van der Waals surface area (Å²) in [6.45, 7) is 5.24. The first kappa shape index (κ1) is 15.4. The van der Waals surface area contributed by atoms with Crippen LogP contribution < -0.4 is 4.57 Å². The van der Waals surface area contributed by atoms with Crippen molar-refractivity contribution in [1.82, 2.24) is 0 Å². The maximum absolute atomic E-state index is 9.08. The fraction of sp³-hybridized carbons (Fsp3) is 0.500. The third kappa shape index (κ3) is 7.67. The Kier molecular flexibility index (Phi) is 6.62. The Labute approximate surface area is 102 Å². The summed E-state index contributed by atoms with van der Waals surface area (Å²) in [4.78, 5) is 0. The zero-order chi connectivity index (χ0) is 12.8. The molecular formula is C10H17NO3S2. The lowest BCUT2D eigenvalue weighted by Crippen LogP contribution is -2.40. The highest BCUT2D eigenvalue weighted by Crippen LogP contribution is 1.94. The maximum Gasteiger partial charge on any atom is 0.178 e. The molecule has 4 nitrogen and oxygen atoms in total. The van der Waals surface area contributed by atoms with Crippen LogP contribution in [0.4, 0.5) is 0 Å². The molecule has 0 spiro atoms. The minimum absolute atomic E-state index is 0.604. The van der Waals surface area contributed by atoms with Crippen LogP contribution in [0.25, 0.3) is 0 Å². The molecule has 0 unspecified atom stereocenters. The molecular weight excluding hydrogens is 246 g/mol. The van der Waals surface area contributed by atoms with Crippen LogP contribution in [0.3, 0.4) is 0 Å². The van der Waals surface area contributed by atoms with E-state index < -0.39 is 10.1 Å². The first-order valence-corrected chi connectivity index (χ1v) is 7.18. The average molecular weight is 263 g/mol. The maximum atomic E-state index is 9.08. The molecule has 0 aromatic carbocycles. The summed E-state index contributed by atoms with van der Waals surface area (Å²) < 4.78 is 29.5. The number of aromatic nitrogens is 1. The molecule has 0 amide bonds. The Hall–Kier alpha value is -0.590. The molecule has 6 heteroatoms. The number of hydrogen-bond donors (Lipinski definition) is 1. The van der Waals surface area contributed by atoms with Gasteiger partial charge in [0.1, 0.15) is 0 Å². The summed E-state index contributed by atoms with van der Waals surface area (Å²) in [5, 5.41) is 0. The molecule has 1 heterocycles. The second kappa shape index (κ2) is 6.88. The van der Waals surface area contributed by atoms with Crippen LogP contribution in [0.5, 0.6) is 0 Å². The topological polar surface area (TPSA) is 61.1 Å². The molecule has 0 aliphatic rings. The quantitative estimate of drug-likeness (QED) is 0.485. The van der Waals surface area contributed by atoms with Gasteiger partial charge in [0.05, 0.1) is 10.1 Å².